The van der Waals surface area contributed by atoms with Crippen molar-refractivity contribution < 1.29 is 5.11 Å². The number of rotatable bonds is 5. The number of hydrogen-bond donors (Lipinski definition) is 2. The maximum Gasteiger partial charge on any atom is 0.0499 e. The summed E-state index contributed by atoms with van der Waals surface area (Å²) in [6.07, 6.45) is 11.1. The zero-order valence-corrected chi connectivity index (χ0v) is 11.0. The monoisotopic (exact) mass is 237 g/mol. The van der Waals surface area contributed by atoms with Crippen LogP contribution >= 0.6 is 0 Å². The van der Waals surface area contributed by atoms with Crippen molar-refractivity contribution in [3.05, 3.63) is 0 Å². The Kier molecular flexibility index (Phi) is 3.45. The van der Waals surface area contributed by atoms with Gasteiger partial charge in [-0.2, -0.15) is 0 Å². The highest BCUT2D eigenvalue weighted by Gasteiger charge is 2.39. The van der Waals surface area contributed by atoms with Gasteiger partial charge in [0.05, 0.1) is 0 Å². The van der Waals surface area contributed by atoms with Crippen molar-refractivity contribution in [2.45, 2.75) is 51.4 Å². The van der Waals surface area contributed by atoms with E-state index in [9.17, 15) is 5.11 Å². The molecule has 0 heterocycles. The molecule has 2 bridgehead atoms. The molecule has 0 aliphatic heterocycles. The van der Waals surface area contributed by atoms with Gasteiger partial charge in [0.15, 0.2) is 0 Å². The molecule has 0 saturated heterocycles. The molecule has 2 nitrogen and oxygen atoms in total. The summed E-state index contributed by atoms with van der Waals surface area (Å²) < 4.78 is 0. The summed E-state index contributed by atoms with van der Waals surface area (Å²) in [5.41, 5.74) is 0.234. The highest BCUT2D eigenvalue weighted by Crippen LogP contribution is 2.48. The van der Waals surface area contributed by atoms with Gasteiger partial charge >= 0.3 is 0 Å². The van der Waals surface area contributed by atoms with Crippen LogP contribution in [0.4, 0.5) is 0 Å². The Balaban J connectivity index is 1.43. The molecule has 98 valence electrons. The number of aliphatic hydroxyl groups excluding tert-OH is 1. The molecule has 3 aliphatic carbocycles. The fourth-order valence-electron chi connectivity index (χ4n) is 4.66. The van der Waals surface area contributed by atoms with E-state index in [2.05, 4.69) is 5.32 Å². The normalized spacial score (nSPS) is 39.0. The summed E-state index contributed by atoms with van der Waals surface area (Å²) in [6.45, 7) is 2.65. The molecule has 0 aromatic rings. The van der Waals surface area contributed by atoms with Gasteiger partial charge in [-0.3, -0.25) is 0 Å². The summed E-state index contributed by atoms with van der Waals surface area (Å²) in [4.78, 5) is 0. The number of nitrogens with one attached hydrogen (secondary N) is 1. The third-order valence-corrected chi connectivity index (χ3v) is 5.79. The average Bonchev–Trinajstić information content (AvgIpc) is 3.05. The average molecular weight is 237 g/mol. The summed E-state index contributed by atoms with van der Waals surface area (Å²) in [5, 5.41) is 13.3. The Labute approximate surface area is 105 Å². The summed E-state index contributed by atoms with van der Waals surface area (Å²) in [7, 11) is 0. The first-order valence-corrected chi connectivity index (χ1v) is 7.63. The maximum absolute atomic E-state index is 9.57. The van der Waals surface area contributed by atoms with Gasteiger partial charge in [0.25, 0.3) is 0 Å². The third kappa shape index (κ3) is 2.39. The Morgan fingerprint density at radius 2 is 1.94 bits per heavy atom. The summed E-state index contributed by atoms with van der Waals surface area (Å²) in [5.74, 6) is 3.04. The fourth-order valence-corrected chi connectivity index (χ4v) is 4.66. The Bertz CT molecular complexity index is 260. The van der Waals surface area contributed by atoms with Gasteiger partial charge in [0.1, 0.15) is 0 Å². The highest BCUT2D eigenvalue weighted by atomic mass is 16.3. The van der Waals surface area contributed by atoms with Crippen LogP contribution in [0.25, 0.3) is 0 Å². The van der Waals surface area contributed by atoms with E-state index in [4.69, 9.17) is 0 Å². The fraction of sp³-hybridized carbons (Fsp3) is 1.00. The molecule has 0 amide bonds. The van der Waals surface area contributed by atoms with Crippen LogP contribution < -0.4 is 5.32 Å². The summed E-state index contributed by atoms with van der Waals surface area (Å²) in [6, 6.07) is 0. The zero-order valence-electron chi connectivity index (χ0n) is 11.0. The lowest BCUT2D eigenvalue weighted by Gasteiger charge is -2.29. The van der Waals surface area contributed by atoms with Gasteiger partial charge in [-0.1, -0.05) is 19.3 Å². The van der Waals surface area contributed by atoms with E-state index in [1.807, 2.05) is 0 Å². The van der Waals surface area contributed by atoms with Crippen molar-refractivity contribution in [1.29, 1.82) is 0 Å². The van der Waals surface area contributed by atoms with Crippen LogP contribution in [0.5, 0.6) is 0 Å². The lowest BCUT2D eigenvalue weighted by atomic mass is 9.86. The van der Waals surface area contributed by atoms with E-state index in [1.165, 1.54) is 57.9 Å². The molecular weight excluding hydrogens is 210 g/mol. The second-order valence-corrected chi connectivity index (χ2v) is 6.93. The number of aliphatic hydroxyl groups is 1. The Morgan fingerprint density at radius 3 is 2.53 bits per heavy atom. The summed E-state index contributed by atoms with van der Waals surface area (Å²) >= 11 is 0. The van der Waals surface area contributed by atoms with Crippen LogP contribution in [0, 0.1) is 23.2 Å². The topological polar surface area (TPSA) is 32.3 Å². The van der Waals surface area contributed by atoms with Crippen molar-refractivity contribution in [2.24, 2.45) is 23.2 Å². The van der Waals surface area contributed by atoms with Gasteiger partial charge in [0.2, 0.25) is 0 Å². The molecular formula is C15H27NO. The Morgan fingerprint density at radius 1 is 1.12 bits per heavy atom. The highest BCUT2D eigenvalue weighted by molar-refractivity contribution is 4.92. The minimum atomic E-state index is 0.234. The van der Waals surface area contributed by atoms with Crippen LogP contribution in [0.2, 0.25) is 0 Å². The van der Waals surface area contributed by atoms with Crippen molar-refractivity contribution in [3.8, 4) is 0 Å². The minimum Gasteiger partial charge on any atom is -0.396 e. The molecule has 17 heavy (non-hydrogen) atoms. The van der Waals surface area contributed by atoms with Crippen molar-refractivity contribution in [3.63, 3.8) is 0 Å². The van der Waals surface area contributed by atoms with E-state index >= 15 is 0 Å². The largest absolute Gasteiger partial charge is 0.396 e. The van der Waals surface area contributed by atoms with E-state index in [0.717, 1.165) is 24.3 Å². The molecule has 0 spiro atoms. The molecule has 3 unspecified atom stereocenters. The van der Waals surface area contributed by atoms with Crippen molar-refractivity contribution in [1.82, 2.24) is 5.32 Å². The smallest absolute Gasteiger partial charge is 0.0499 e. The van der Waals surface area contributed by atoms with Crippen LogP contribution in [-0.4, -0.2) is 24.8 Å². The Hall–Kier alpha value is -0.0800. The molecule has 3 atom stereocenters. The van der Waals surface area contributed by atoms with Crippen molar-refractivity contribution >= 4 is 0 Å². The first-order valence-electron chi connectivity index (χ1n) is 7.63. The van der Waals surface area contributed by atoms with Crippen LogP contribution in [0.15, 0.2) is 0 Å². The van der Waals surface area contributed by atoms with Gasteiger partial charge in [0, 0.05) is 18.6 Å². The van der Waals surface area contributed by atoms with E-state index in [0.29, 0.717) is 6.61 Å². The number of fused-ring (bicyclic) bond motifs is 2. The first-order chi connectivity index (χ1) is 8.31. The van der Waals surface area contributed by atoms with Gasteiger partial charge < -0.3 is 10.4 Å². The molecule has 2 heteroatoms. The molecule has 2 N–H and O–H groups in total. The van der Waals surface area contributed by atoms with Gasteiger partial charge in [-0.25, -0.2) is 0 Å². The maximum atomic E-state index is 9.57. The number of hydrogen-bond acceptors (Lipinski definition) is 2. The van der Waals surface area contributed by atoms with E-state index in [1.54, 1.807) is 0 Å². The lowest BCUT2D eigenvalue weighted by molar-refractivity contribution is 0.125. The van der Waals surface area contributed by atoms with Gasteiger partial charge in [-0.15, -0.1) is 0 Å². The lowest BCUT2D eigenvalue weighted by Crippen LogP contribution is -2.38. The molecule has 0 radical (unpaired) electrons. The van der Waals surface area contributed by atoms with Crippen LogP contribution in [0.1, 0.15) is 51.4 Å². The van der Waals surface area contributed by atoms with E-state index < -0.39 is 0 Å². The van der Waals surface area contributed by atoms with Crippen molar-refractivity contribution in [2.75, 3.05) is 19.7 Å². The molecule has 3 rings (SSSR count). The predicted octanol–water partition coefficient (Wildman–Crippen LogP) is 2.56. The second-order valence-electron chi connectivity index (χ2n) is 6.93. The second kappa shape index (κ2) is 4.89. The van der Waals surface area contributed by atoms with Gasteiger partial charge in [-0.05, 0) is 56.4 Å². The van der Waals surface area contributed by atoms with E-state index in [-0.39, 0.29) is 5.41 Å². The zero-order chi connectivity index (χ0) is 11.7. The van der Waals surface area contributed by atoms with Crippen LogP contribution in [0.3, 0.4) is 0 Å². The molecule has 3 saturated carbocycles. The first kappa shape index (κ1) is 12.0. The molecule has 3 fully saturated rings. The third-order valence-electron chi connectivity index (χ3n) is 5.79. The molecule has 0 aromatic heterocycles. The molecule has 0 aromatic carbocycles. The minimum absolute atomic E-state index is 0.234. The quantitative estimate of drug-likeness (QED) is 0.770. The standard InChI is InChI=1S/C15H27NO/c17-11-15(5-1-2-6-15)10-16-9-14-8-12-3-4-13(14)7-12/h12-14,16-17H,1-11H2. The predicted molar refractivity (Wildman–Crippen MR) is 69.8 cm³/mol. The molecule has 3 aliphatic rings. The van der Waals surface area contributed by atoms with Crippen LogP contribution in [-0.2, 0) is 0 Å². The SMILES string of the molecule is OCC1(CNCC2CC3CCC2C3)CCCC1.